The molecule has 0 atom stereocenters. The van der Waals surface area contributed by atoms with Gasteiger partial charge in [-0.15, -0.1) is 0 Å². The summed E-state index contributed by atoms with van der Waals surface area (Å²) < 4.78 is 10.5. The van der Waals surface area contributed by atoms with Gasteiger partial charge in [0.15, 0.2) is 11.5 Å². The van der Waals surface area contributed by atoms with Crippen molar-refractivity contribution in [2.75, 3.05) is 32.2 Å². The van der Waals surface area contributed by atoms with Crippen molar-refractivity contribution in [3.05, 3.63) is 18.2 Å². The molecular weight excluding hydrogens is 272 g/mol. The Hall–Kier alpha value is -1.79. The van der Waals surface area contributed by atoms with Crippen LogP contribution in [0.5, 0.6) is 11.5 Å². The van der Waals surface area contributed by atoms with E-state index in [4.69, 9.17) is 14.6 Å². The van der Waals surface area contributed by atoms with E-state index < -0.39 is 0 Å². The largest absolute Gasteiger partial charge is 0.493 e. The van der Waals surface area contributed by atoms with E-state index in [1.807, 2.05) is 13.8 Å². The van der Waals surface area contributed by atoms with Crippen LogP contribution >= 0.6 is 0 Å². The highest BCUT2D eigenvalue weighted by Crippen LogP contribution is 2.30. The van der Waals surface area contributed by atoms with Gasteiger partial charge >= 0.3 is 0 Å². The van der Waals surface area contributed by atoms with Crippen molar-refractivity contribution >= 4 is 11.6 Å². The summed E-state index contributed by atoms with van der Waals surface area (Å²) in [6, 6.07) is 5.51. The van der Waals surface area contributed by atoms with Crippen molar-refractivity contribution < 1.29 is 19.4 Å². The van der Waals surface area contributed by atoms with Crippen LogP contribution in [0.4, 0.5) is 5.69 Å². The summed E-state index contributed by atoms with van der Waals surface area (Å²) in [6.07, 6.45) is 0.400. The highest BCUT2D eigenvalue weighted by molar-refractivity contribution is 5.91. The summed E-state index contributed by atoms with van der Waals surface area (Å²) in [5.74, 6) is 0.981. The van der Waals surface area contributed by atoms with E-state index in [0.29, 0.717) is 36.2 Å². The van der Waals surface area contributed by atoms with Crippen LogP contribution in [-0.4, -0.2) is 43.9 Å². The molecule has 3 N–H and O–H groups in total. The molecule has 118 valence electrons. The van der Waals surface area contributed by atoms with E-state index in [9.17, 15) is 4.79 Å². The number of nitrogens with one attached hydrogen (secondary N) is 2. The van der Waals surface area contributed by atoms with E-state index in [1.165, 1.54) is 7.11 Å². The van der Waals surface area contributed by atoms with E-state index >= 15 is 0 Å². The lowest BCUT2D eigenvalue weighted by molar-refractivity contribution is -0.116. The third kappa shape index (κ3) is 6.46. The number of hydrogen-bond donors (Lipinski definition) is 3. The molecule has 0 aliphatic carbocycles. The lowest BCUT2D eigenvalue weighted by Crippen LogP contribution is -2.27. The fourth-order valence-corrected chi connectivity index (χ4v) is 1.72. The van der Waals surface area contributed by atoms with E-state index in [2.05, 4.69) is 10.6 Å². The van der Waals surface area contributed by atoms with Gasteiger partial charge in [-0.1, -0.05) is 13.8 Å². The lowest BCUT2D eigenvalue weighted by atomic mass is 10.2. The van der Waals surface area contributed by atoms with Crippen molar-refractivity contribution in [3.8, 4) is 11.5 Å². The number of ether oxygens (including phenoxy) is 2. The fourth-order valence-electron chi connectivity index (χ4n) is 1.72. The molecule has 0 saturated heterocycles. The summed E-state index contributed by atoms with van der Waals surface area (Å²) in [4.78, 5) is 11.8. The third-order valence-corrected chi connectivity index (χ3v) is 2.70. The highest BCUT2D eigenvalue weighted by Gasteiger charge is 2.08. The Morgan fingerprint density at radius 2 is 2.10 bits per heavy atom. The lowest BCUT2D eigenvalue weighted by Gasteiger charge is -2.12. The molecule has 1 amide bonds. The van der Waals surface area contributed by atoms with Crippen molar-refractivity contribution in [3.63, 3.8) is 0 Å². The van der Waals surface area contributed by atoms with Crippen LogP contribution in [0.3, 0.4) is 0 Å². The molecular formula is C15H24N2O4. The molecule has 1 aromatic carbocycles. The third-order valence-electron chi connectivity index (χ3n) is 2.70. The summed E-state index contributed by atoms with van der Waals surface area (Å²) >= 11 is 0. The maximum atomic E-state index is 11.8. The Balaban J connectivity index is 2.59. The van der Waals surface area contributed by atoms with Gasteiger partial charge in [-0.25, -0.2) is 0 Å². The first kappa shape index (κ1) is 17.3. The van der Waals surface area contributed by atoms with Crippen LogP contribution in [0.25, 0.3) is 0 Å². The van der Waals surface area contributed by atoms with Crippen molar-refractivity contribution in [1.82, 2.24) is 5.32 Å². The van der Waals surface area contributed by atoms with Crippen molar-refractivity contribution in [1.29, 1.82) is 0 Å². The van der Waals surface area contributed by atoms with Crippen LogP contribution in [0.1, 0.15) is 20.3 Å². The number of hydrogen-bond acceptors (Lipinski definition) is 5. The zero-order valence-corrected chi connectivity index (χ0v) is 12.8. The Kier molecular flexibility index (Phi) is 7.56. The number of rotatable bonds is 9. The van der Waals surface area contributed by atoms with E-state index in [1.54, 1.807) is 18.2 Å². The first-order valence-electron chi connectivity index (χ1n) is 7.01. The van der Waals surface area contributed by atoms with Gasteiger partial charge in [0.25, 0.3) is 0 Å². The molecule has 0 saturated carbocycles. The predicted molar refractivity (Wildman–Crippen MR) is 82.0 cm³/mol. The average molecular weight is 296 g/mol. The molecule has 0 aromatic heterocycles. The summed E-state index contributed by atoms with van der Waals surface area (Å²) in [6.45, 7) is 4.79. The molecule has 0 heterocycles. The molecule has 0 radical (unpaired) electrons. The van der Waals surface area contributed by atoms with Gasteiger partial charge in [-0.3, -0.25) is 4.79 Å². The zero-order valence-electron chi connectivity index (χ0n) is 12.8. The molecule has 0 unspecified atom stereocenters. The molecule has 6 nitrogen and oxygen atoms in total. The number of anilines is 1. The van der Waals surface area contributed by atoms with Crippen molar-refractivity contribution in [2.45, 2.75) is 26.3 Å². The maximum Gasteiger partial charge on any atom is 0.225 e. The molecule has 1 rings (SSSR count). The quantitative estimate of drug-likeness (QED) is 0.642. The van der Waals surface area contributed by atoms with Gasteiger partial charge in [0.2, 0.25) is 5.91 Å². The van der Waals surface area contributed by atoms with Gasteiger partial charge in [0, 0.05) is 30.8 Å². The number of carbonyl (C=O) groups excluding carboxylic acids is 1. The minimum Gasteiger partial charge on any atom is -0.493 e. The number of aliphatic hydroxyl groups excluding tert-OH is 1. The molecule has 0 bridgehead atoms. The standard InChI is InChI=1S/C15H24N2O4/c1-11(2)16-7-6-15(19)17-12-4-5-13(20-3)14(10-12)21-9-8-18/h4-5,10-11,16,18H,6-9H2,1-3H3,(H,17,19). The number of aliphatic hydroxyl groups is 1. The second-order valence-corrected chi connectivity index (χ2v) is 4.84. The number of methoxy groups -OCH3 is 1. The number of carbonyl (C=O) groups is 1. The highest BCUT2D eigenvalue weighted by atomic mass is 16.5. The smallest absolute Gasteiger partial charge is 0.225 e. The van der Waals surface area contributed by atoms with Crippen LogP contribution < -0.4 is 20.1 Å². The van der Waals surface area contributed by atoms with Crippen LogP contribution in [-0.2, 0) is 4.79 Å². The minimum absolute atomic E-state index is 0.0681. The molecule has 0 fully saturated rings. The topological polar surface area (TPSA) is 79.8 Å². The van der Waals surface area contributed by atoms with Gasteiger partial charge < -0.3 is 25.2 Å². The van der Waals surface area contributed by atoms with E-state index in [-0.39, 0.29) is 19.1 Å². The molecule has 6 heteroatoms. The molecule has 1 aromatic rings. The predicted octanol–water partition coefficient (Wildman–Crippen LogP) is 1.39. The van der Waals surface area contributed by atoms with E-state index in [0.717, 1.165) is 0 Å². The SMILES string of the molecule is COc1ccc(NC(=O)CCNC(C)C)cc1OCCO. The Bertz CT molecular complexity index is 449. The van der Waals surface area contributed by atoms with Crippen LogP contribution in [0.15, 0.2) is 18.2 Å². The normalized spacial score (nSPS) is 10.5. The zero-order chi connectivity index (χ0) is 15.7. The fraction of sp³-hybridized carbons (Fsp3) is 0.533. The minimum atomic E-state index is -0.0827. The summed E-state index contributed by atoms with van der Waals surface area (Å²) in [5.41, 5.74) is 0.637. The second kappa shape index (κ2) is 9.20. The molecule has 0 aliphatic heterocycles. The van der Waals surface area contributed by atoms with Crippen LogP contribution in [0, 0.1) is 0 Å². The average Bonchev–Trinajstić information content (AvgIpc) is 2.44. The second-order valence-electron chi connectivity index (χ2n) is 4.84. The Morgan fingerprint density at radius 3 is 2.71 bits per heavy atom. The molecule has 0 spiro atoms. The van der Waals surface area contributed by atoms with Gasteiger partial charge in [0.1, 0.15) is 6.61 Å². The first-order chi connectivity index (χ1) is 10.1. The van der Waals surface area contributed by atoms with Crippen molar-refractivity contribution in [2.24, 2.45) is 0 Å². The monoisotopic (exact) mass is 296 g/mol. The number of amides is 1. The first-order valence-corrected chi connectivity index (χ1v) is 7.01. The molecule has 21 heavy (non-hydrogen) atoms. The Labute approximate surface area is 125 Å². The maximum absolute atomic E-state index is 11.8. The van der Waals surface area contributed by atoms with Crippen LogP contribution in [0.2, 0.25) is 0 Å². The number of benzene rings is 1. The molecule has 0 aliphatic rings. The summed E-state index contributed by atoms with van der Waals surface area (Å²) in [7, 11) is 1.54. The van der Waals surface area contributed by atoms with Gasteiger partial charge in [0.05, 0.1) is 13.7 Å². The van der Waals surface area contributed by atoms with Gasteiger partial charge in [-0.2, -0.15) is 0 Å². The Morgan fingerprint density at radius 1 is 1.33 bits per heavy atom. The summed E-state index contributed by atoms with van der Waals surface area (Å²) in [5, 5.41) is 14.8. The van der Waals surface area contributed by atoms with Gasteiger partial charge in [-0.05, 0) is 12.1 Å².